The molecule has 65 heavy (non-hydrogen) atoms. The maximum absolute atomic E-state index is 9.73. The molecule has 0 saturated carbocycles. The molecule has 4 heteroatoms. The van der Waals surface area contributed by atoms with E-state index in [2.05, 4.69) is 206 Å². The SMILES string of the molecule is [C-]#[N+]c1ccc(-n2c3ccccc3c3cc(-c4cc(C)cc(C)c4)ccc32)cc1-c1cc(-c2ccc(C#N)cc2C)ccc1-n1c2ccccc2c2cc(-c3cc(C)cc(C)c3)ccc21. The third-order valence-electron chi connectivity index (χ3n) is 13.0. The van der Waals surface area contributed by atoms with E-state index >= 15 is 0 Å². The van der Waals surface area contributed by atoms with Gasteiger partial charge in [-0.15, -0.1) is 0 Å². The van der Waals surface area contributed by atoms with Crippen LogP contribution in [-0.4, -0.2) is 9.13 Å². The van der Waals surface area contributed by atoms with Crippen LogP contribution in [0, 0.1) is 52.5 Å². The van der Waals surface area contributed by atoms with Gasteiger partial charge >= 0.3 is 0 Å². The lowest BCUT2D eigenvalue weighted by molar-refractivity contribution is 1.17. The lowest BCUT2D eigenvalue weighted by Gasteiger charge is -2.19. The topological polar surface area (TPSA) is 38.0 Å². The zero-order chi connectivity index (χ0) is 44.5. The van der Waals surface area contributed by atoms with Crippen molar-refractivity contribution in [1.82, 2.24) is 9.13 Å². The Kier molecular flexibility index (Phi) is 9.35. The number of nitrogens with zero attached hydrogens (tertiary/aromatic N) is 4. The predicted molar refractivity (Wildman–Crippen MR) is 272 cm³/mol. The van der Waals surface area contributed by atoms with Crippen LogP contribution in [0.15, 0.2) is 176 Å². The molecule has 0 saturated heterocycles. The van der Waals surface area contributed by atoms with Gasteiger partial charge in [0.15, 0.2) is 5.69 Å². The monoisotopic (exact) mass is 832 g/mol. The minimum Gasteiger partial charge on any atom is -0.309 e. The summed E-state index contributed by atoms with van der Waals surface area (Å²) >= 11 is 0. The van der Waals surface area contributed by atoms with E-state index in [0.717, 1.165) is 66.6 Å². The number of benzene rings is 9. The van der Waals surface area contributed by atoms with Crippen LogP contribution in [-0.2, 0) is 0 Å². The molecule has 308 valence electrons. The average molecular weight is 833 g/mol. The summed E-state index contributed by atoms with van der Waals surface area (Å²) in [6, 6.07) is 65.4. The molecule has 0 aliphatic rings. The third kappa shape index (κ3) is 6.67. The smallest absolute Gasteiger partial charge is 0.195 e. The van der Waals surface area contributed by atoms with Gasteiger partial charge < -0.3 is 9.13 Å². The van der Waals surface area contributed by atoms with E-state index in [-0.39, 0.29) is 0 Å². The Morgan fingerprint density at radius 1 is 0.415 bits per heavy atom. The second-order valence-corrected chi connectivity index (χ2v) is 17.6. The minimum atomic E-state index is 0.569. The van der Waals surface area contributed by atoms with Crippen molar-refractivity contribution in [2.24, 2.45) is 0 Å². The molecule has 0 fully saturated rings. The van der Waals surface area contributed by atoms with Crippen LogP contribution in [0.1, 0.15) is 33.4 Å². The Hall–Kier alpha value is -8.44. The highest BCUT2D eigenvalue weighted by atomic mass is 15.0. The Morgan fingerprint density at radius 2 is 0.954 bits per heavy atom. The molecule has 0 bridgehead atoms. The first-order valence-corrected chi connectivity index (χ1v) is 22.1. The highest BCUT2D eigenvalue weighted by Crippen LogP contribution is 2.44. The van der Waals surface area contributed by atoms with Gasteiger partial charge in [-0.25, -0.2) is 4.85 Å². The van der Waals surface area contributed by atoms with Crippen molar-refractivity contribution in [2.75, 3.05) is 0 Å². The maximum Gasteiger partial charge on any atom is 0.195 e. The van der Waals surface area contributed by atoms with Crippen molar-refractivity contribution in [2.45, 2.75) is 34.6 Å². The van der Waals surface area contributed by atoms with Gasteiger partial charge in [-0.3, -0.25) is 0 Å². The van der Waals surface area contributed by atoms with Crippen LogP contribution >= 0.6 is 0 Å². The highest BCUT2D eigenvalue weighted by Gasteiger charge is 2.21. The lowest BCUT2D eigenvalue weighted by Crippen LogP contribution is -2.00. The van der Waals surface area contributed by atoms with E-state index in [4.69, 9.17) is 6.57 Å². The number of para-hydroxylation sites is 2. The first-order chi connectivity index (χ1) is 31.6. The molecule has 0 radical (unpaired) electrons. The third-order valence-corrected chi connectivity index (χ3v) is 13.0. The number of rotatable bonds is 6. The molecule has 0 aliphatic carbocycles. The van der Waals surface area contributed by atoms with Gasteiger partial charge in [0.25, 0.3) is 0 Å². The maximum atomic E-state index is 9.73. The van der Waals surface area contributed by atoms with Crippen molar-refractivity contribution in [3.05, 3.63) is 221 Å². The number of fused-ring (bicyclic) bond motifs is 6. The van der Waals surface area contributed by atoms with E-state index in [0.29, 0.717) is 11.3 Å². The summed E-state index contributed by atoms with van der Waals surface area (Å²) in [5, 5.41) is 14.4. The molecule has 0 aliphatic heterocycles. The molecule has 4 nitrogen and oxygen atoms in total. The number of aromatic nitrogens is 2. The fourth-order valence-electron chi connectivity index (χ4n) is 10.3. The highest BCUT2D eigenvalue weighted by molar-refractivity contribution is 6.12. The second kappa shape index (κ2) is 15.4. The van der Waals surface area contributed by atoms with Gasteiger partial charge in [-0.2, -0.15) is 5.26 Å². The summed E-state index contributed by atoms with van der Waals surface area (Å²) in [4.78, 5) is 4.20. The summed E-state index contributed by atoms with van der Waals surface area (Å²) in [5.41, 5.74) is 22.1. The van der Waals surface area contributed by atoms with Crippen LogP contribution < -0.4 is 0 Å². The van der Waals surface area contributed by atoms with E-state index in [1.54, 1.807) is 0 Å². The zero-order valence-electron chi connectivity index (χ0n) is 37.0. The first-order valence-electron chi connectivity index (χ1n) is 22.1. The zero-order valence-corrected chi connectivity index (χ0v) is 37.0. The molecule has 11 rings (SSSR count). The van der Waals surface area contributed by atoms with Crippen LogP contribution in [0.5, 0.6) is 0 Å². The Bertz CT molecular complexity index is 3820. The molecule has 11 aromatic rings. The Labute approximate surface area is 379 Å². The molecule has 0 spiro atoms. The average Bonchev–Trinajstić information content (AvgIpc) is 3.82. The molecule has 2 heterocycles. The fourth-order valence-corrected chi connectivity index (χ4v) is 10.3. The second-order valence-electron chi connectivity index (χ2n) is 17.6. The number of hydrogen-bond donors (Lipinski definition) is 0. The Morgan fingerprint density at radius 3 is 1.52 bits per heavy atom. The van der Waals surface area contributed by atoms with Crippen LogP contribution in [0.2, 0.25) is 0 Å². The van der Waals surface area contributed by atoms with Crippen LogP contribution in [0.4, 0.5) is 5.69 Å². The van der Waals surface area contributed by atoms with E-state index in [1.165, 1.54) is 60.7 Å². The number of aryl methyl sites for hydroxylation is 5. The van der Waals surface area contributed by atoms with Crippen molar-refractivity contribution < 1.29 is 0 Å². The van der Waals surface area contributed by atoms with Gasteiger partial charge in [0.2, 0.25) is 0 Å². The lowest BCUT2D eigenvalue weighted by atomic mass is 9.93. The van der Waals surface area contributed by atoms with Crippen molar-refractivity contribution in [1.29, 1.82) is 5.26 Å². The summed E-state index contributed by atoms with van der Waals surface area (Å²) < 4.78 is 4.71. The molecule has 0 unspecified atom stereocenters. The van der Waals surface area contributed by atoms with Gasteiger partial charge in [0.05, 0.1) is 46.0 Å². The van der Waals surface area contributed by atoms with Gasteiger partial charge in [0.1, 0.15) is 0 Å². The molecule has 9 aromatic carbocycles. The molecule has 2 aromatic heterocycles. The summed E-state index contributed by atoms with van der Waals surface area (Å²) in [6.07, 6.45) is 0. The standard InChI is InChI=1S/C61H44N4/c1-37-25-38(2)28-46(27-37)43-16-22-59-53(32-43)50-11-7-9-13-57(50)64(59)48-19-21-56(63-6)52(35-48)55-34-45(49-20-15-42(36-62)31-41(49)5)18-24-61(55)65-58-14-10-8-12-51(58)54-33-44(17-23-60(54)65)47-29-39(3)26-40(4)30-47/h7-35H,1-5H3. The van der Waals surface area contributed by atoms with E-state index in [9.17, 15) is 5.26 Å². The Balaban J connectivity index is 1.17. The van der Waals surface area contributed by atoms with Gasteiger partial charge in [-0.1, -0.05) is 125 Å². The molecular weight excluding hydrogens is 789 g/mol. The predicted octanol–water partition coefficient (Wildman–Crippen LogP) is 16.5. The summed E-state index contributed by atoms with van der Waals surface area (Å²) in [5.74, 6) is 0. The van der Waals surface area contributed by atoms with Crippen molar-refractivity contribution in [3.8, 4) is 62.0 Å². The number of nitriles is 1. The normalized spacial score (nSPS) is 11.4. The molecule has 0 amide bonds. The molecule has 0 atom stereocenters. The van der Waals surface area contributed by atoms with Crippen molar-refractivity contribution >= 4 is 49.3 Å². The molecular formula is C61H44N4. The largest absolute Gasteiger partial charge is 0.309 e. The summed E-state index contributed by atoms with van der Waals surface area (Å²) in [6.45, 7) is 19.3. The number of hydrogen-bond acceptors (Lipinski definition) is 1. The first kappa shape index (κ1) is 39.4. The molecule has 0 N–H and O–H groups in total. The quantitative estimate of drug-likeness (QED) is 0.154. The van der Waals surface area contributed by atoms with E-state index < -0.39 is 0 Å². The van der Waals surface area contributed by atoms with E-state index in [1.807, 2.05) is 24.3 Å². The van der Waals surface area contributed by atoms with Gasteiger partial charge in [-0.05, 0) is 157 Å². The summed E-state index contributed by atoms with van der Waals surface area (Å²) in [7, 11) is 0. The van der Waals surface area contributed by atoms with Crippen molar-refractivity contribution in [3.63, 3.8) is 0 Å². The fraction of sp³-hybridized carbons (Fsp3) is 0.0820. The van der Waals surface area contributed by atoms with Crippen LogP contribution in [0.25, 0.3) is 104 Å². The minimum absolute atomic E-state index is 0.569. The van der Waals surface area contributed by atoms with Gasteiger partial charge in [0, 0.05) is 27.2 Å². The van der Waals surface area contributed by atoms with Crippen LogP contribution in [0.3, 0.4) is 0 Å².